The Hall–Kier alpha value is -1.33. The van der Waals surface area contributed by atoms with Crippen LogP contribution in [0, 0.1) is 13.8 Å². The van der Waals surface area contributed by atoms with Gasteiger partial charge in [0, 0.05) is 17.8 Å². The molecular formula is C15H24N2O2S. The lowest BCUT2D eigenvalue weighted by atomic mass is 10.1. The molecule has 0 radical (unpaired) electrons. The smallest absolute Gasteiger partial charge is 0.244 e. The Kier molecular flexibility index (Phi) is 4.66. The number of rotatable bonds is 4. The van der Waals surface area contributed by atoms with E-state index in [2.05, 4.69) is 6.58 Å². The topological polar surface area (TPSA) is 63.4 Å². The maximum atomic E-state index is 13.0. The van der Waals surface area contributed by atoms with Gasteiger partial charge in [0.1, 0.15) is 0 Å². The summed E-state index contributed by atoms with van der Waals surface area (Å²) in [6, 6.07) is 3.47. The van der Waals surface area contributed by atoms with Crippen molar-refractivity contribution in [3.05, 3.63) is 35.9 Å². The quantitative estimate of drug-likeness (QED) is 0.686. The zero-order valence-corrected chi connectivity index (χ0v) is 13.7. The van der Waals surface area contributed by atoms with Crippen LogP contribution in [0.15, 0.2) is 29.7 Å². The molecule has 2 N–H and O–H groups in total. The molecule has 0 saturated heterocycles. The number of nitrogens with zero attached hydrogens (tertiary/aromatic N) is 1. The largest absolute Gasteiger partial charge is 0.398 e. The minimum absolute atomic E-state index is 0.263. The van der Waals surface area contributed by atoms with Crippen LogP contribution < -0.4 is 5.73 Å². The molecule has 0 heterocycles. The van der Waals surface area contributed by atoms with Gasteiger partial charge in [0.05, 0.1) is 4.90 Å². The summed E-state index contributed by atoms with van der Waals surface area (Å²) in [5.74, 6) is 0. The molecule has 0 amide bonds. The van der Waals surface area contributed by atoms with Crippen LogP contribution in [0.3, 0.4) is 0 Å². The summed E-state index contributed by atoms with van der Waals surface area (Å²) in [5, 5.41) is 0. The Morgan fingerprint density at radius 1 is 1.30 bits per heavy atom. The van der Waals surface area contributed by atoms with Crippen molar-refractivity contribution >= 4 is 15.7 Å². The molecular weight excluding hydrogens is 272 g/mol. The molecule has 0 bridgehead atoms. The van der Waals surface area contributed by atoms with Gasteiger partial charge in [0.2, 0.25) is 10.0 Å². The van der Waals surface area contributed by atoms with E-state index in [4.69, 9.17) is 5.73 Å². The van der Waals surface area contributed by atoms with E-state index in [1.807, 2.05) is 20.8 Å². The van der Waals surface area contributed by atoms with Gasteiger partial charge in [0.25, 0.3) is 0 Å². The number of hydrogen-bond donors (Lipinski definition) is 1. The molecule has 0 aliphatic carbocycles. The maximum absolute atomic E-state index is 13.0. The van der Waals surface area contributed by atoms with Crippen molar-refractivity contribution < 1.29 is 8.42 Å². The molecule has 0 saturated carbocycles. The highest BCUT2D eigenvalue weighted by atomic mass is 32.2. The first-order chi connectivity index (χ1) is 9.03. The number of benzene rings is 1. The van der Waals surface area contributed by atoms with E-state index >= 15 is 0 Å². The molecule has 0 aromatic heterocycles. The summed E-state index contributed by atoms with van der Waals surface area (Å²) >= 11 is 0. The van der Waals surface area contributed by atoms with Gasteiger partial charge in [-0.3, -0.25) is 0 Å². The molecule has 112 valence electrons. The third kappa shape index (κ3) is 3.04. The second-order valence-electron chi connectivity index (χ2n) is 5.92. The summed E-state index contributed by atoms with van der Waals surface area (Å²) in [7, 11) is -3.62. The van der Waals surface area contributed by atoms with Gasteiger partial charge in [-0.2, -0.15) is 4.31 Å². The van der Waals surface area contributed by atoms with Crippen molar-refractivity contribution in [3.8, 4) is 0 Å². The third-order valence-corrected chi connectivity index (χ3v) is 5.66. The van der Waals surface area contributed by atoms with E-state index in [0.717, 1.165) is 0 Å². The van der Waals surface area contributed by atoms with E-state index in [-0.39, 0.29) is 6.54 Å². The van der Waals surface area contributed by atoms with Gasteiger partial charge in [-0.05, 0) is 51.8 Å². The van der Waals surface area contributed by atoms with Crippen molar-refractivity contribution in [2.45, 2.75) is 45.1 Å². The second kappa shape index (κ2) is 5.58. The van der Waals surface area contributed by atoms with Crippen LogP contribution in [0.5, 0.6) is 0 Å². The Balaban J connectivity index is 3.58. The van der Waals surface area contributed by atoms with Gasteiger partial charge in [-0.1, -0.05) is 12.1 Å². The molecule has 0 spiro atoms. The number of nitrogens with two attached hydrogens (primary N) is 1. The number of hydrogen-bond acceptors (Lipinski definition) is 3. The number of nitrogen functional groups attached to an aromatic ring is 1. The summed E-state index contributed by atoms with van der Waals surface area (Å²) in [5.41, 5.74) is 7.13. The van der Waals surface area contributed by atoms with Crippen LogP contribution in [-0.4, -0.2) is 24.8 Å². The highest BCUT2D eigenvalue weighted by molar-refractivity contribution is 7.89. The lowest BCUT2D eigenvalue weighted by Gasteiger charge is -2.34. The fourth-order valence-corrected chi connectivity index (χ4v) is 4.42. The number of aryl methyl sites for hydroxylation is 1. The second-order valence-corrected chi connectivity index (χ2v) is 7.72. The van der Waals surface area contributed by atoms with Crippen molar-refractivity contribution in [2.75, 3.05) is 12.3 Å². The molecule has 20 heavy (non-hydrogen) atoms. The van der Waals surface area contributed by atoms with Crippen molar-refractivity contribution in [1.29, 1.82) is 0 Å². The van der Waals surface area contributed by atoms with E-state index in [1.54, 1.807) is 32.1 Å². The minimum atomic E-state index is -3.62. The molecule has 4 nitrogen and oxygen atoms in total. The fourth-order valence-electron chi connectivity index (χ4n) is 2.20. The molecule has 0 aliphatic rings. The third-order valence-electron chi connectivity index (χ3n) is 3.24. The lowest BCUT2D eigenvalue weighted by molar-refractivity contribution is 0.269. The molecule has 1 aromatic carbocycles. The summed E-state index contributed by atoms with van der Waals surface area (Å²) in [6.07, 6.45) is 1.60. The molecule has 1 aromatic rings. The highest BCUT2D eigenvalue weighted by Gasteiger charge is 2.35. The van der Waals surface area contributed by atoms with Crippen molar-refractivity contribution in [3.63, 3.8) is 0 Å². The average molecular weight is 296 g/mol. The first kappa shape index (κ1) is 16.7. The summed E-state index contributed by atoms with van der Waals surface area (Å²) in [4.78, 5) is 0.300. The van der Waals surface area contributed by atoms with Gasteiger partial charge in [-0.15, -0.1) is 6.58 Å². The summed E-state index contributed by atoms with van der Waals surface area (Å²) < 4.78 is 27.4. The Labute approximate surface area is 122 Å². The monoisotopic (exact) mass is 296 g/mol. The Bertz CT molecular complexity index is 613. The van der Waals surface area contributed by atoms with Gasteiger partial charge in [0.15, 0.2) is 0 Å². The summed E-state index contributed by atoms with van der Waals surface area (Å²) in [6.45, 7) is 13.0. The minimum Gasteiger partial charge on any atom is -0.398 e. The van der Waals surface area contributed by atoms with Crippen LogP contribution in [-0.2, 0) is 10.0 Å². The zero-order chi connectivity index (χ0) is 15.7. The van der Waals surface area contributed by atoms with Crippen LogP contribution in [0.25, 0.3) is 0 Å². The predicted molar refractivity (Wildman–Crippen MR) is 84.2 cm³/mol. The van der Waals surface area contributed by atoms with Gasteiger partial charge in [-0.25, -0.2) is 8.42 Å². The lowest BCUT2D eigenvalue weighted by Crippen LogP contribution is -2.45. The van der Waals surface area contributed by atoms with Crippen LogP contribution in [0.4, 0.5) is 5.69 Å². The molecule has 0 atom stereocenters. The highest BCUT2D eigenvalue weighted by Crippen LogP contribution is 2.31. The molecule has 0 fully saturated rings. The number of anilines is 1. The van der Waals surface area contributed by atoms with Crippen molar-refractivity contribution in [2.24, 2.45) is 0 Å². The standard InChI is InChI=1S/C15H24N2O2S/c1-7-10-17(15(4,5)6)20(18,19)14-11(2)8-9-13(16)12(14)3/h7-9H,1,10,16H2,2-6H3. The fraction of sp³-hybridized carbons (Fsp3) is 0.467. The van der Waals surface area contributed by atoms with Crippen LogP contribution in [0.2, 0.25) is 0 Å². The van der Waals surface area contributed by atoms with Crippen LogP contribution >= 0.6 is 0 Å². The van der Waals surface area contributed by atoms with E-state index in [1.165, 1.54) is 4.31 Å². The van der Waals surface area contributed by atoms with Gasteiger partial charge >= 0.3 is 0 Å². The van der Waals surface area contributed by atoms with E-state index in [0.29, 0.717) is 21.7 Å². The molecule has 1 rings (SSSR count). The first-order valence-electron chi connectivity index (χ1n) is 6.53. The zero-order valence-electron chi connectivity index (χ0n) is 12.9. The van der Waals surface area contributed by atoms with E-state index < -0.39 is 15.6 Å². The predicted octanol–water partition coefficient (Wildman–Crippen LogP) is 2.86. The van der Waals surface area contributed by atoms with Gasteiger partial charge < -0.3 is 5.73 Å². The average Bonchev–Trinajstić information content (AvgIpc) is 2.29. The molecule has 0 aliphatic heterocycles. The Morgan fingerprint density at radius 2 is 1.85 bits per heavy atom. The SMILES string of the molecule is C=CCN(C(C)(C)C)S(=O)(=O)c1c(C)ccc(N)c1C. The first-order valence-corrected chi connectivity index (χ1v) is 7.97. The van der Waals surface area contributed by atoms with Crippen LogP contribution in [0.1, 0.15) is 31.9 Å². The molecule has 5 heteroatoms. The normalized spacial score (nSPS) is 12.7. The van der Waals surface area contributed by atoms with E-state index in [9.17, 15) is 8.42 Å². The number of sulfonamides is 1. The molecule has 0 unspecified atom stereocenters. The maximum Gasteiger partial charge on any atom is 0.244 e. The van der Waals surface area contributed by atoms with Crippen molar-refractivity contribution in [1.82, 2.24) is 4.31 Å². The Morgan fingerprint density at radius 3 is 2.30 bits per heavy atom.